The Labute approximate surface area is 478 Å². The molecule has 0 radical (unpaired) electrons. The van der Waals surface area contributed by atoms with Crippen LogP contribution in [0.1, 0.15) is 264 Å². The molecular weight excluding hydrogens is 971 g/mol. The molecule has 78 heavy (non-hydrogen) atoms. The van der Waals surface area contributed by atoms with Crippen LogP contribution in [0, 0.1) is 0 Å². The van der Waals surface area contributed by atoms with E-state index in [-0.39, 0.29) is 12.5 Å². The SMILES string of the molecule is CC/C=C\C/C=C\C/C=C\C/C=C\C/C=C\C/C=C\CCCCCCCCCCCCCCCCCCC(=O)NC(COC1OC(CO)C(O)C(O)C1O)C(O)/C=C/CC/C=C/CC/C=C/CCCCCCCCCCCC. The van der Waals surface area contributed by atoms with Crippen molar-refractivity contribution in [3.63, 3.8) is 0 Å². The largest absolute Gasteiger partial charge is 0.394 e. The Morgan fingerprint density at radius 2 is 0.808 bits per heavy atom. The van der Waals surface area contributed by atoms with Crippen molar-refractivity contribution in [1.82, 2.24) is 5.32 Å². The fourth-order valence-electron chi connectivity index (χ4n) is 9.55. The van der Waals surface area contributed by atoms with Gasteiger partial charge in [-0.3, -0.25) is 4.79 Å². The van der Waals surface area contributed by atoms with Crippen molar-refractivity contribution in [2.75, 3.05) is 13.2 Å². The van der Waals surface area contributed by atoms with Crippen LogP contribution in [-0.4, -0.2) is 87.5 Å². The first-order valence-corrected chi connectivity index (χ1v) is 32.1. The quantitative estimate of drug-likeness (QED) is 0.0261. The number of unbranched alkanes of at least 4 members (excludes halogenated alkanes) is 28. The zero-order valence-corrected chi connectivity index (χ0v) is 49.9. The summed E-state index contributed by atoms with van der Waals surface area (Å²) in [5.41, 5.74) is 0. The molecule has 0 bridgehead atoms. The maximum Gasteiger partial charge on any atom is 0.220 e. The van der Waals surface area contributed by atoms with E-state index in [1.165, 1.54) is 161 Å². The second kappa shape index (κ2) is 57.1. The highest BCUT2D eigenvalue weighted by atomic mass is 16.7. The van der Waals surface area contributed by atoms with E-state index in [2.05, 4.69) is 116 Å². The minimum atomic E-state index is -1.58. The molecule has 9 heteroatoms. The van der Waals surface area contributed by atoms with Crippen LogP contribution in [0.2, 0.25) is 0 Å². The number of allylic oxidation sites excluding steroid dienone is 17. The molecule has 0 aromatic rings. The third-order valence-corrected chi connectivity index (χ3v) is 14.6. The van der Waals surface area contributed by atoms with Gasteiger partial charge in [-0.2, -0.15) is 0 Å². The molecule has 7 unspecified atom stereocenters. The Morgan fingerprint density at radius 1 is 0.449 bits per heavy atom. The normalized spacial score (nSPS) is 19.4. The van der Waals surface area contributed by atoms with E-state index in [9.17, 15) is 30.3 Å². The van der Waals surface area contributed by atoms with Gasteiger partial charge in [-0.25, -0.2) is 0 Å². The fraction of sp³-hybridized carbons (Fsp3) is 0.725. The molecular formula is C69H119NO8. The molecule has 6 N–H and O–H groups in total. The fourth-order valence-corrected chi connectivity index (χ4v) is 9.55. The molecule has 9 nitrogen and oxygen atoms in total. The Kier molecular flexibility index (Phi) is 53.3. The standard InChI is InChI=1S/C69H119NO8/c1-3-5-7-9-11-13-15-17-19-21-23-25-26-27-28-29-30-31-32-33-34-35-36-37-38-39-41-43-45-47-49-51-53-55-57-59-65(73)70-62(61-77-69-68(76)67(75)66(74)64(60-71)78-69)63(72)58-56-54-52-50-48-46-44-42-40-24-22-20-18-16-14-12-10-8-6-4-2/h5,7,11,13,17,19,23,25,27-28,30-31,40,42,48,50,56,58,62-64,66-69,71-72,74-76H,3-4,6,8-10,12,14-16,18,20-22,24,26,29,32-39,41,43-47,49,51-55,57,59-61H2,1-2H3,(H,70,73)/b7-5-,13-11-,19-17-,25-23-,28-27-,31-30-,42-40+,50-48+,58-56+. The van der Waals surface area contributed by atoms with Gasteiger partial charge in [0.15, 0.2) is 6.29 Å². The Bertz CT molecular complexity index is 1590. The molecule has 7 atom stereocenters. The summed E-state index contributed by atoms with van der Waals surface area (Å²) in [4.78, 5) is 13.1. The third kappa shape index (κ3) is 45.6. The number of hydrogen-bond acceptors (Lipinski definition) is 8. The minimum Gasteiger partial charge on any atom is -0.394 e. The number of ether oxygens (including phenoxy) is 2. The first-order valence-electron chi connectivity index (χ1n) is 32.1. The second-order valence-corrected chi connectivity index (χ2v) is 21.8. The van der Waals surface area contributed by atoms with Crippen molar-refractivity contribution in [2.24, 2.45) is 0 Å². The molecule has 1 amide bonds. The molecule has 1 aliphatic rings. The lowest BCUT2D eigenvalue weighted by Crippen LogP contribution is -2.60. The highest BCUT2D eigenvalue weighted by molar-refractivity contribution is 5.76. The van der Waals surface area contributed by atoms with Gasteiger partial charge in [0, 0.05) is 6.42 Å². The smallest absolute Gasteiger partial charge is 0.220 e. The third-order valence-electron chi connectivity index (χ3n) is 14.6. The maximum atomic E-state index is 13.1. The molecule has 1 aliphatic heterocycles. The van der Waals surface area contributed by atoms with Crippen molar-refractivity contribution in [2.45, 2.75) is 307 Å². The maximum absolute atomic E-state index is 13.1. The van der Waals surface area contributed by atoms with E-state index in [0.717, 1.165) is 83.5 Å². The van der Waals surface area contributed by atoms with E-state index in [0.29, 0.717) is 6.42 Å². The summed E-state index contributed by atoms with van der Waals surface area (Å²) < 4.78 is 11.3. The molecule has 0 aliphatic carbocycles. The van der Waals surface area contributed by atoms with Crippen molar-refractivity contribution in [1.29, 1.82) is 0 Å². The molecule has 1 fully saturated rings. The van der Waals surface area contributed by atoms with Crippen LogP contribution < -0.4 is 5.32 Å². The van der Waals surface area contributed by atoms with Gasteiger partial charge in [-0.1, -0.05) is 271 Å². The Balaban J connectivity index is 2.17. The molecule has 0 aromatic carbocycles. The number of amides is 1. The van der Waals surface area contributed by atoms with Gasteiger partial charge >= 0.3 is 0 Å². The average Bonchev–Trinajstić information content (AvgIpc) is 3.45. The van der Waals surface area contributed by atoms with Crippen LogP contribution in [0.5, 0.6) is 0 Å². The highest BCUT2D eigenvalue weighted by Gasteiger charge is 2.44. The van der Waals surface area contributed by atoms with E-state index >= 15 is 0 Å². The molecule has 1 heterocycles. The average molecular weight is 1090 g/mol. The van der Waals surface area contributed by atoms with Gasteiger partial charge in [0.25, 0.3) is 0 Å². The summed E-state index contributed by atoms with van der Waals surface area (Å²) in [6.07, 6.45) is 77.4. The van der Waals surface area contributed by atoms with E-state index in [1.54, 1.807) is 6.08 Å². The molecule has 0 spiro atoms. The number of aliphatic hydroxyl groups excluding tert-OH is 5. The number of rotatable bonds is 54. The van der Waals surface area contributed by atoms with E-state index in [4.69, 9.17) is 9.47 Å². The molecule has 1 saturated heterocycles. The molecule has 0 aromatic heterocycles. The predicted molar refractivity (Wildman–Crippen MR) is 331 cm³/mol. The molecule has 448 valence electrons. The van der Waals surface area contributed by atoms with Crippen LogP contribution in [0.25, 0.3) is 0 Å². The van der Waals surface area contributed by atoms with E-state index < -0.39 is 49.5 Å². The topological polar surface area (TPSA) is 149 Å². The summed E-state index contributed by atoms with van der Waals surface area (Å²) in [5.74, 6) is -0.192. The van der Waals surface area contributed by atoms with Gasteiger partial charge in [0.1, 0.15) is 24.4 Å². The van der Waals surface area contributed by atoms with Crippen LogP contribution >= 0.6 is 0 Å². The summed E-state index contributed by atoms with van der Waals surface area (Å²) in [6, 6.07) is -0.834. The van der Waals surface area contributed by atoms with Crippen molar-refractivity contribution < 1.29 is 39.8 Å². The van der Waals surface area contributed by atoms with Gasteiger partial charge in [-0.15, -0.1) is 0 Å². The summed E-state index contributed by atoms with van der Waals surface area (Å²) in [6.45, 7) is 3.65. The minimum absolute atomic E-state index is 0.192. The highest BCUT2D eigenvalue weighted by Crippen LogP contribution is 2.23. The monoisotopic (exact) mass is 1090 g/mol. The molecule has 1 rings (SSSR count). The Hall–Kier alpha value is -3.15. The summed E-state index contributed by atoms with van der Waals surface area (Å²) in [7, 11) is 0. The summed E-state index contributed by atoms with van der Waals surface area (Å²) in [5, 5.41) is 54.6. The van der Waals surface area contributed by atoms with Crippen LogP contribution in [0.3, 0.4) is 0 Å². The lowest BCUT2D eigenvalue weighted by atomic mass is 9.99. The predicted octanol–water partition coefficient (Wildman–Crippen LogP) is 16.9. The lowest BCUT2D eigenvalue weighted by Gasteiger charge is -2.40. The number of nitrogens with one attached hydrogen (secondary N) is 1. The lowest BCUT2D eigenvalue weighted by molar-refractivity contribution is -0.302. The summed E-state index contributed by atoms with van der Waals surface area (Å²) >= 11 is 0. The zero-order valence-electron chi connectivity index (χ0n) is 49.9. The van der Waals surface area contributed by atoms with Crippen molar-refractivity contribution in [3.05, 3.63) is 109 Å². The van der Waals surface area contributed by atoms with Crippen LogP contribution in [-0.2, 0) is 14.3 Å². The zero-order chi connectivity index (χ0) is 56.5. The number of aliphatic hydroxyl groups is 5. The molecule has 0 saturated carbocycles. The van der Waals surface area contributed by atoms with Crippen LogP contribution in [0.15, 0.2) is 109 Å². The van der Waals surface area contributed by atoms with Crippen LogP contribution in [0.4, 0.5) is 0 Å². The number of carbonyl (C=O) groups is 1. The second-order valence-electron chi connectivity index (χ2n) is 21.8. The van der Waals surface area contributed by atoms with Crippen molar-refractivity contribution in [3.8, 4) is 0 Å². The van der Waals surface area contributed by atoms with Gasteiger partial charge in [0.2, 0.25) is 5.91 Å². The number of hydrogen-bond donors (Lipinski definition) is 6. The van der Waals surface area contributed by atoms with Gasteiger partial charge in [0.05, 0.1) is 25.4 Å². The van der Waals surface area contributed by atoms with E-state index in [1.807, 2.05) is 6.08 Å². The first kappa shape index (κ1) is 72.9. The van der Waals surface area contributed by atoms with Gasteiger partial charge < -0.3 is 40.3 Å². The first-order chi connectivity index (χ1) is 38.3. The van der Waals surface area contributed by atoms with Gasteiger partial charge in [-0.05, 0) is 96.3 Å². The van der Waals surface area contributed by atoms with Crippen molar-refractivity contribution >= 4 is 5.91 Å². The Morgan fingerprint density at radius 3 is 1.23 bits per heavy atom. The number of carbonyl (C=O) groups excluding carboxylic acids is 1.